The minimum Gasteiger partial charge on any atom is -0.449 e. The molecule has 5 nitrogen and oxygen atoms in total. The third-order valence-electron chi connectivity index (χ3n) is 7.61. The zero-order valence-corrected chi connectivity index (χ0v) is 19.7. The highest BCUT2D eigenvalue weighted by Gasteiger charge is 2.60. The zero-order valence-electron chi connectivity index (χ0n) is 19.7. The molecule has 0 saturated carbocycles. The Morgan fingerprint density at radius 2 is 1.94 bits per heavy atom. The summed E-state index contributed by atoms with van der Waals surface area (Å²) in [6.07, 6.45) is 1.25. The summed E-state index contributed by atoms with van der Waals surface area (Å²) in [5, 5.41) is 1.01. The lowest BCUT2D eigenvalue weighted by atomic mass is 9.57. The maximum Gasteiger partial charge on any atom is 0.418 e. The van der Waals surface area contributed by atoms with E-state index >= 15 is 0 Å². The van der Waals surface area contributed by atoms with Crippen LogP contribution in [0.5, 0.6) is 0 Å². The molecule has 1 aromatic heterocycles. The van der Waals surface area contributed by atoms with Crippen LogP contribution in [0.2, 0.25) is 0 Å². The second-order valence-corrected chi connectivity index (χ2v) is 9.81. The summed E-state index contributed by atoms with van der Waals surface area (Å²) in [6, 6.07) is 16.4. The number of carbonyl (C=O) groups excluding carboxylic acids is 2. The molecular formula is C28H31NO4. The number of aromatic nitrogens is 1. The fraction of sp³-hybridized carbons (Fsp3) is 0.429. The molecule has 5 heteroatoms. The number of aldehydes is 1. The van der Waals surface area contributed by atoms with E-state index in [-0.39, 0.29) is 30.0 Å². The average molecular weight is 446 g/mol. The van der Waals surface area contributed by atoms with Gasteiger partial charge in [0.25, 0.3) is 0 Å². The minimum absolute atomic E-state index is 0.0886. The van der Waals surface area contributed by atoms with E-state index in [1.54, 1.807) is 4.57 Å². The number of hydrogen-bond acceptors (Lipinski definition) is 4. The van der Waals surface area contributed by atoms with Crippen molar-refractivity contribution < 1.29 is 19.1 Å². The molecule has 0 bridgehead atoms. The second kappa shape index (κ2) is 8.14. The first kappa shape index (κ1) is 21.9. The Bertz CT molecular complexity index is 1210. The van der Waals surface area contributed by atoms with Gasteiger partial charge in [0.1, 0.15) is 6.29 Å². The molecule has 5 rings (SSSR count). The predicted molar refractivity (Wildman–Crippen MR) is 128 cm³/mol. The zero-order chi connectivity index (χ0) is 23.3. The Hall–Kier alpha value is -2.92. The number of ether oxygens (including phenoxy) is 2. The molecule has 0 spiro atoms. The third-order valence-corrected chi connectivity index (χ3v) is 7.61. The molecule has 172 valence electrons. The van der Waals surface area contributed by atoms with Gasteiger partial charge in [0.15, 0.2) is 0 Å². The number of hydrogen-bond donors (Lipinski definition) is 0. The summed E-state index contributed by atoms with van der Waals surface area (Å²) in [7, 11) is 0. The van der Waals surface area contributed by atoms with Crippen LogP contribution in [0.15, 0.2) is 48.5 Å². The van der Waals surface area contributed by atoms with Gasteiger partial charge in [0, 0.05) is 22.9 Å². The van der Waals surface area contributed by atoms with Crippen molar-refractivity contribution in [3.05, 3.63) is 70.9 Å². The summed E-state index contributed by atoms with van der Waals surface area (Å²) in [6.45, 7) is 8.87. The molecular weight excluding hydrogens is 414 g/mol. The van der Waals surface area contributed by atoms with Crippen LogP contribution in [0.3, 0.4) is 0 Å². The van der Waals surface area contributed by atoms with Crippen molar-refractivity contribution in [2.75, 3.05) is 13.2 Å². The lowest BCUT2D eigenvalue weighted by Crippen LogP contribution is -2.44. The first-order chi connectivity index (χ1) is 15.9. The highest BCUT2D eigenvalue weighted by Crippen LogP contribution is 2.60. The summed E-state index contributed by atoms with van der Waals surface area (Å²) in [5.74, 6) is 0.00566. The van der Waals surface area contributed by atoms with Crippen LogP contribution < -0.4 is 0 Å². The Labute approximate surface area is 194 Å². The smallest absolute Gasteiger partial charge is 0.418 e. The Balaban J connectivity index is 1.82. The van der Waals surface area contributed by atoms with Gasteiger partial charge < -0.3 is 14.3 Å². The third kappa shape index (κ3) is 3.17. The summed E-state index contributed by atoms with van der Waals surface area (Å²) in [5.41, 5.74) is 4.46. The van der Waals surface area contributed by atoms with Gasteiger partial charge in [-0.25, -0.2) is 9.36 Å². The normalized spacial score (nSPS) is 26.3. The molecule has 1 fully saturated rings. The molecule has 33 heavy (non-hydrogen) atoms. The van der Waals surface area contributed by atoms with Gasteiger partial charge >= 0.3 is 6.09 Å². The van der Waals surface area contributed by atoms with Crippen molar-refractivity contribution in [3.63, 3.8) is 0 Å². The molecule has 2 aliphatic rings. The number of fused-ring (bicyclic) bond motifs is 5. The van der Waals surface area contributed by atoms with Crippen LogP contribution >= 0.6 is 0 Å². The summed E-state index contributed by atoms with van der Waals surface area (Å²) in [4.78, 5) is 26.2. The highest BCUT2D eigenvalue weighted by atomic mass is 16.5. The quantitative estimate of drug-likeness (QED) is 0.489. The second-order valence-electron chi connectivity index (χ2n) is 9.81. The van der Waals surface area contributed by atoms with Crippen molar-refractivity contribution in [3.8, 4) is 0 Å². The Morgan fingerprint density at radius 3 is 2.61 bits per heavy atom. The molecule has 0 radical (unpaired) electrons. The van der Waals surface area contributed by atoms with E-state index in [4.69, 9.17) is 9.47 Å². The molecule has 3 aromatic rings. The van der Waals surface area contributed by atoms with Crippen LogP contribution in [0.4, 0.5) is 4.79 Å². The number of benzene rings is 2. The topological polar surface area (TPSA) is 57.5 Å². The van der Waals surface area contributed by atoms with Crippen LogP contribution in [-0.2, 0) is 20.7 Å². The highest BCUT2D eigenvalue weighted by molar-refractivity contribution is 5.95. The molecule has 1 saturated heterocycles. The maximum absolute atomic E-state index is 13.2. The summed E-state index contributed by atoms with van der Waals surface area (Å²) >= 11 is 0. The number of para-hydroxylation sites is 1. The van der Waals surface area contributed by atoms with Gasteiger partial charge in [-0.15, -0.1) is 0 Å². The lowest BCUT2D eigenvalue weighted by molar-refractivity contribution is -0.118. The van der Waals surface area contributed by atoms with Gasteiger partial charge in [0.2, 0.25) is 0 Å². The van der Waals surface area contributed by atoms with Crippen molar-refractivity contribution >= 4 is 23.3 Å². The first-order valence-electron chi connectivity index (χ1n) is 11.9. The summed E-state index contributed by atoms with van der Waals surface area (Å²) < 4.78 is 13.6. The van der Waals surface area contributed by atoms with Gasteiger partial charge in [0.05, 0.1) is 30.2 Å². The van der Waals surface area contributed by atoms with Crippen LogP contribution in [0, 0.1) is 18.3 Å². The molecule has 0 N–H and O–H groups in total. The van der Waals surface area contributed by atoms with E-state index in [0.717, 1.165) is 34.0 Å². The molecule has 1 aliphatic heterocycles. The molecule has 1 aliphatic carbocycles. The van der Waals surface area contributed by atoms with Gasteiger partial charge in [-0.05, 0) is 43.4 Å². The average Bonchev–Trinajstić information content (AvgIpc) is 3.36. The number of aryl methyl sites for hydroxylation is 1. The van der Waals surface area contributed by atoms with Crippen molar-refractivity contribution in [2.24, 2.45) is 11.3 Å². The number of carbonyl (C=O) groups is 2. The van der Waals surface area contributed by atoms with E-state index < -0.39 is 5.41 Å². The monoisotopic (exact) mass is 445 g/mol. The lowest BCUT2D eigenvalue weighted by Gasteiger charge is -2.43. The van der Waals surface area contributed by atoms with E-state index in [0.29, 0.717) is 19.6 Å². The SMILES string of the molecule is CCOC(=O)n1c2c(c3ccccc31)[C@@H]1[C@@H](C(C)C)OC[C@]1(C=O)[C@H](c1ccc(C)cc1)C2. The molecule has 2 heterocycles. The van der Waals surface area contributed by atoms with E-state index in [1.807, 2.05) is 25.1 Å². The predicted octanol–water partition coefficient (Wildman–Crippen LogP) is 5.62. The largest absolute Gasteiger partial charge is 0.449 e. The maximum atomic E-state index is 13.2. The van der Waals surface area contributed by atoms with Crippen molar-refractivity contribution in [2.45, 2.75) is 52.1 Å². The first-order valence-corrected chi connectivity index (χ1v) is 11.9. The minimum atomic E-state index is -0.680. The standard InChI is InChI=1S/C28H31NO4/c1-5-32-27(31)29-22-9-7-6-8-20(22)24-23(29)14-21(19-12-10-18(4)11-13-19)28(15-30)16-33-26(17(2)3)25(24)28/h6-13,15,17,21,25-26H,5,14,16H2,1-4H3/t21-,25+,26+,28+/m0/s1. The van der Waals surface area contributed by atoms with E-state index in [9.17, 15) is 9.59 Å². The van der Waals surface area contributed by atoms with Gasteiger partial charge in [-0.3, -0.25) is 0 Å². The molecule has 0 unspecified atom stereocenters. The van der Waals surface area contributed by atoms with Crippen molar-refractivity contribution in [1.29, 1.82) is 0 Å². The van der Waals surface area contributed by atoms with Gasteiger partial charge in [-0.2, -0.15) is 0 Å². The van der Waals surface area contributed by atoms with E-state index in [1.165, 1.54) is 5.56 Å². The fourth-order valence-electron chi connectivity index (χ4n) is 6.12. The Kier molecular flexibility index (Phi) is 5.40. The fourth-order valence-corrected chi connectivity index (χ4v) is 6.12. The van der Waals surface area contributed by atoms with Crippen LogP contribution in [0.1, 0.15) is 55.0 Å². The molecule has 4 atom stereocenters. The van der Waals surface area contributed by atoms with Crippen LogP contribution in [0.25, 0.3) is 10.9 Å². The number of nitrogens with zero attached hydrogens (tertiary/aromatic N) is 1. The van der Waals surface area contributed by atoms with Crippen molar-refractivity contribution in [1.82, 2.24) is 4.57 Å². The number of rotatable bonds is 4. The van der Waals surface area contributed by atoms with Gasteiger partial charge in [-0.1, -0.05) is 61.9 Å². The van der Waals surface area contributed by atoms with Crippen LogP contribution in [-0.4, -0.2) is 36.3 Å². The Morgan fingerprint density at radius 1 is 1.21 bits per heavy atom. The molecule has 0 amide bonds. The molecule has 2 aromatic carbocycles. The van der Waals surface area contributed by atoms with E-state index in [2.05, 4.69) is 51.1 Å².